The standard InChI is InChI=1S/C25H33NO5/c1-19-22(30-2)17-21(18-23(19)31-3)25(29)26(15-9-5-8-14-24(27)28)16-10-13-20-11-6-4-7-12-20/h4,6-7,11-12,17-18H,5,8-10,13-16H2,1-3H3,(H,27,28). The van der Waals surface area contributed by atoms with Gasteiger partial charge in [-0.3, -0.25) is 9.59 Å². The first-order chi connectivity index (χ1) is 15.0. The Balaban J connectivity index is 2.09. The van der Waals surface area contributed by atoms with Crippen LogP contribution in [0.5, 0.6) is 11.5 Å². The van der Waals surface area contributed by atoms with E-state index < -0.39 is 5.97 Å². The summed E-state index contributed by atoms with van der Waals surface area (Å²) in [6.07, 6.45) is 4.07. The zero-order chi connectivity index (χ0) is 22.6. The Morgan fingerprint density at radius 2 is 1.52 bits per heavy atom. The fourth-order valence-corrected chi connectivity index (χ4v) is 3.58. The number of hydrogen-bond acceptors (Lipinski definition) is 4. The van der Waals surface area contributed by atoms with Gasteiger partial charge in [0.25, 0.3) is 5.91 Å². The zero-order valence-corrected chi connectivity index (χ0v) is 18.7. The number of aryl methyl sites for hydroxylation is 1. The van der Waals surface area contributed by atoms with Gasteiger partial charge in [0.1, 0.15) is 11.5 Å². The number of rotatable bonds is 13. The van der Waals surface area contributed by atoms with E-state index in [9.17, 15) is 9.59 Å². The first-order valence-corrected chi connectivity index (χ1v) is 10.7. The van der Waals surface area contributed by atoms with Gasteiger partial charge in [0.05, 0.1) is 14.2 Å². The number of hydrogen-bond donors (Lipinski definition) is 1. The Kier molecular flexibility index (Phi) is 9.88. The summed E-state index contributed by atoms with van der Waals surface area (Å²) in [5.41, 5.74) is 2.63. The second-order valence-electron chi connectivity index (χ2n) is 7.59. The first-order valence-electron chi connectivity index (χ1n) is 10.7. The Morgan fingerprint density at radius 1 is 0.903 bits per heavy atom. The van der Waals surface area contributed by atoms with Crippen LogP contribution in [-0.2, 0) is 11.2 Å². The maximum absolute atomic E-state index is 13.3. The van der Waals surface area contributed by atoms with Gasteiger partial charge in [-0.1, -0.05) is 36.8 Å². The summed E-state index contributed by atoms with van der Waals surface area (Å²) in [4.78, 5) is 25.9. The number of carbonyl (C=O) groups is 2. The summed E-state index contributed by atoms with van der Waals surface area (Å²) in [7, 11) is 3.16. The second kappa shape index (κ2) is 12.6. The van der Waals surface area contributed by atoms with E-state index in [-0.39, 0.29) is 12.3 Å². The van der Waals surface area contributed by atoms with Crippen molar-refractivity contribution in [2.75, 3.05) is 27.3 Å². The van der Waals surface area contributed by atoms with Gasteiger partial charge < -0.3 is 19.5 Å². The van der Waals surface area contributed by atoms with Crippen molar-refractivity contribution in [1.29, 1.82) is 0 Å². The average molecular weight is 428 g/mol. The minimum Gasteiger partial charge on any atom is -0.496 e. The highest BCUT2D eigenvalue weighted by atomic mass is 16.5. The minimum absolute atomic E-state index is 0.0668. The van der Waals surface area contributed by atoms with Gasteiger partial charge in [-0.25, -0.2) is 0 Å². The van der Waals surface area contributed by atoms with Gasteiger partial charge >= 0.3 is 5.97 Å². The van der Waals surface area contributed by atoms with Crippen molar-refractivity contribution in [3.63, 3.8) is 0 Å². The molecule has 0 aliphatic rings. The molecule has 6 nitrogen and oxygen atoms in total. The lowest BCUT2D eigenvalue weighted by Crippen LogP contribution is -2.33. The molecule has 0 saturated carbocycles. The predicted molar refractivity (Wildman–Crippen MR) is 121 cm³/mol. The number of benzene rings is 2. The summed E-state index contributed by atoms with van der Waals surface area (Å²) in [6, 6.07) is 13.7. The predicted octanol–water partition coefficient (Wildman–Crippen LogP) is 4.73. The third-order valence-corrected chi connectivity index (χ3v) is 5.34. The molecule has 2 rings (SSSR count). The number of amides is 1. The van der Waals surface area contributed by atoms with Gasteiger partial charge in [-0.2, -0.15) is 0 Å². The first kappa shape index (κ1) is 24.3. The molecular weight excluding hydrogens is 394 g/mol. The maximum atomic E-state index is 13.3. The summed E-state index contributed by atoms with van der Waals surface area (Å²) < 4.78 is 10.9. The van der Waals surface area contributed by atoms with E-state index in [0.29, 0.717) is 36.6 Å². The summed E-state index contributed by atoms with van der Waals surface area (Å²) in [6.45, 7) is 3.11. The minimum atomic E-state index is -0.783. The number of methoxy groups -OCH3 is 2. The molecule has 0 aliphatic heterocycles. The molecule has 6 heteroatoms. The Labute approximate surface area is 184 Å². The van der Waals surface area contributed by atoms with Crippen LogP contribution in [0.4, 0.5) is 0 Å². The van der Waals surface area contributed by atoms with Gasteiger partial charge in [0, 0.05) is 30.6 Å². The third kappa shape index (κ3) is 7.63. The second-order valence-corrected chi connectivity index (χ2v) is 7.59. The fourth-order valence-electron chi connectivity index (χ4n) is 3.58. The van der Waals surface area contributed by atoms with Crippen LogP contribution in [0.2, 0.25) is 0 Å². The molecule has 0 radical (unpaired) electrons. The number of ether oxygens (including phenoxy) is 2. The van der Waals surface area contributed by atoms with Gasteiger partial charge in [0.2, 0.25) is 0 Å². The SMILES string of the molecule is COc1cc(C(=O)N(CCCCCC(=O)O)CCCc2ccccc2)cc(OC)c1C. The lowest BCUT2D eigenvalue weighted by Gasteiger charge is -2.24. The molecule has 168 valence electrons. The number of carbonyl (C=O) groups excluding carboxylic acids is 1. The smallest absolute Gasteiger partial charge is 0.303 e. The van der Waals surface area contributed by atoms with Gasteiger partial charge in [0.15, 0.2) is 0 Å². The van der Waals surface area contributed by atoms with Crippen LogP contribution in [0.25, 0.3) is 0 Å². The van der Waals surface area contributed by atoms with E-state index in [1.54, 1.807) is 26.4 Å². The van der Waals surface area contributed by atoms with Crippen molar-refractivity contribution in [2.45, 2.75) is 45.4 Å². The quantitative estimate of drug-likeness (QED) is 0.468. The van der Waals surface area contributed by atoms with E-state index in [4.69, 9.17) is 14.6 Å². The largest absolute Gasteiger partial charge is 0.496 e. The van der Waals surface area contributed by atoms with Gasteiger partial charge in [-0.15, -0.1) is 0 Å². The molecule has 0 saturated heterocycles. The number of carboxylic acid groups (broad SMARTS) is 1. The summed E-state index contributed by atoms with van der Waals surface area (Å²) in [5.74, 6) is 0.388. The topological polar surface area (TPSA) is 76.1 Å². The van der Waals surface area contributed by atoms with Crippen molar-refractivity contribution in [3.8, 4) is 11.5 Å². The molecule has 0 unspecified atom stereocenters. The Hall–Kier alpha value is -3.02. The fraction of sp³-hybridized carbons (Fsp3) is 0.440. The third-order valence-electron chi connectivity index (χ3n) is 5.34. The molecule has 0 atom stereocenters. The number of unbranched alkanes of at least 4 members (excludes halogenated alkanes) is 2. The maximum Gasteiger partial charge on any atom is 0.303 e. The van der Waals surface area contributed by atoms with Crippen molar-refractivity contribution < 1.29 is 24.2 Å². The van der Waals surface area contributed by atoms with E-state index in [0.717, 1.165) is 31.2 Å². The summed E-state index contributed by atoms with van der Waals surface area (Å²) in [5, 5.41) is 8.82. The highest BCUT2D eigenvalue weighted by molar-refractivity contribution is 5.95. The molecule has 1 N–H and O–H groups in total. The highest BCUT2D eigenvalue weighted by Crippen LogP contribution is 2.30. The van der Waals surface area contributed by atoms with E-state index in [2.05, 4.69) is 12.1 Å². The molecule has 0 heterocycles. The highest BCUT2D eigenvalue weighted by Gasteiger charge is 2.19. The molecule has 2 aromatic rings. The number of nitrogens with zero attached hydrogens (tertiary/aromatic N) is 1. The van der Waals surface area contributed by atoms with E-state index in [1.165, 1.54) is 5.56 Å². The number of carboxylic acids is 1. The van der Waals surface area contributed by atoms with Crippen LogP contribution in [0.15, 0.2) is 42.5 Å². The molecule has 0 aliphatic carbocycles. The van der Waals surface area contributed by atoms with Crippen LogP contribution in [0, 0.1) is 6.92 Å². The lowest BCUT2D eigenvalue weighted by atomic mass is 10.1. The van der Waals surface area contributed by atoms with Crippen molar-refractivity contribution in [3.05, 3.63) is 59.2 Å². The molecule has 0 aromatic heterocycles. The van der Waals surface area contributed by atoms with E-state index >= 15 is 0 Å². The van der Waals surface area contributed by atoms with Crippen LogP contribution in [-0.4, -0.2) is 49.2 Å². The van der Waals surface area contributed by atoms with Crippen LogP contribution in [0.3, 0.4) is 0 Å². The zero-order valence-electron chi connectivity index (χ0n) is 18.7. The van der Waals surface area contributed by atoms with Crippen molar-refractivity contribution in [1.82, 2.24) is 4.90 Å². The Morgan fingerprint density at radius 3 is 2.10 bits per heavy atom. The average Bonchev–Trinajstić information content (AvgIpc) is 2.78. The molecule has 2 aromatic carbocycles. The van der Waals surface area contributed by atoms with Crippen LogP contribution < -0.4 is 9.47 Å². The molecule has 0 fully saturated rings. The van der Waals surface area contributed by atoms with Gasteiger partial charge in [-0.05, 0) is 50.3 Å². The van der Waals surface area contributed by atoms with Crippen molar-refractivity contribution >= 4 is 11.9 Å². The molecular formula is C25H33NO5. The van der Waals surface area contributed by atoms with E-state index in [1.807, 2.05) is 30.0 Å². The molecule has 1 amide bonds. The Bertz CT molecular complexity index is 825. The van der Waals surface area contributed by atoms with Crippen molar-refractivity contribution in [2.24, 2.45) is 0 Å². The number of aliphatic carboxylic acids is 1. The van der Waals surface area contributed by atoms with Crippen LogP contribution >= 0.6 is 0 Å². The summed E-state index contributed by atoms with van der Waals surface area (Å²) >= 11 is 0. The molecule has 0 spiro atoms. The normalized spacial score (nSPS) is 10.5. The molecule has 31 heavy (non-hydrogen) atoms. The van der Waals surface area contributed by atoms with Crippen LogP contribution in [0.1, 0.15) is 53.6 Å². The monoisotopic (exact) mass is 427 g/mol. The lowest BCUT2D eigenvalue weighted by molar-refractivity contribution is -0.137. The molecule has 0 bridgehead atoms.